The average molecular weight is 447 g/mol. The fourth-order valence-corrected chi connectivity index (χ4v) is 3.91. The molecule has 1 N–H and O–H groups in total. The highest BCUT2D eigenvalue weighted by Crippen LogP contribution is 2.26. The number of fused-ring (bicyclic) bond motifs is 1. The van der Waals surface area contributed by atoms with E-state index in [1.807, 2.05) is 6.07 Å². The monoisotopic (exact) mass is 447 g/mol. The van der Waals surface area contributed by atoms with Gasteiger partial charge >= 0.3 is 0 Å². The number of hydrogen-bond donors (Lipinski definition) is 1. The molecular weight excluding hydrogens is 424 g/mol. The summed E-state index contributed by atoms with van der Waals surface area (Å²) in [5, 5.41) is 10.4. The van der Waals surface area contributed by atoms with Gasteiger partial charge in [-0.1, -0.05) is 49.3 Å². The van der Waals surface area contributed by atoms with E-state index in [2.05, 4.69) is 58.3 Å². The standard InChI is InChI=1S/C25H23F2N5O/c1-15(2)10-16-6-8-17(9-7-16)21-11-18(33-31-21)13-32-14-23-22(12-28-32)29-25(30-23)19-4-3-5-20(26)24(19)27/h3-9,11-12,15H,10,13-14H2,1-2H3,(H,29,30). The van der Waals surface area contributed by atoms with Gasteiger partial charge in [0.25, 0.3) is 0 Å². The van der Waals surface area contributed by atoms with Gasteiger partial charge in [0, 0.05) is 11.6 Å². The first-order valence-electron chi connectivity index (χ1n) is 10.8. The molecule has 0 atom stereocenters. The van der Waals surface area contributed by atoms with E-state index in [1.165, 1.54) is 17.7 Å². The zero-order chi connectivity index (χ0) is 22.9. The second kappa shape index (κ2) is 8.61. The van der Waals surface area contributed by atoms with Crippen molar-refractivity contribution in [3.8, 4) is 22.6 Å². The van der Waals surface area contributed by atoms with Crippen LogP contribution in [0.2, 0.25) is 0 Å². The quantitative estimate of drug-likeness (QED) is 0.420. The minimum atomic E-state index is -0.927. The zero-order valence-corrected chi connectivity index (χ0v) is 18.3. The number of benzene rings is 2. The Balaban J connectivity index is 1.28. The molecule has 4 aromatic rings. The van der Waals surface area contributed by atoms with Crippen LogP contribution in [0.1, 0.15) is 36.6 Å². The number of nitrogens with zero attached hydrogens (tertiary/aromatic N) is 4. The number of imidazole rings is 1. The number of H-pyrrole nitrogens is 1. The van der Waals surface area contributed by atoms with Gasteiger partial charge in [-0.25, -0.2) is 13.8 Å². The Morgan fingerprint density at radius 1 is 1.12 bits per heavy atom. The van der Waals surface area contributed by atoms with Gasteiger partial charge in [0.15, 0.2) is 17.4 Å². The van der Waals surface area contributed by atoms with Crippen LogP contribution in [-0.4, -0.2) is 26.3 Å². The fraction of sp³-hybridized carbons (Fsp3) is 0.240. The third-order valence-corrected chi connectivity index (χ3v) is 5.49. The molecule has 0 unspecified atom stereocenters. The summed E-state index contributed by atoms with van der Waals surface area (Å²) in [5.74, 6) is -0.281. The molecule has 8 heteroatoms. The number of nitrogens with one attached hydrogen (secondary N) is 1. The van der Waals surface area contributed by atoms with Crippen molar-refractivity contribution in [3.05, 3.63) is 82.9 Å². The van der Waals surface area contributed by atoms with Crippen LogP contribution in [-0.2, 0) is 19.5 Å². The van der Waals surface area contributed by atoms with E-state index in [4.69, 9.17) is 4.52 Å². The summed E-state index contributed by atoms with van der Waals surface area (Å²) in [5.41, 5.74) is 4.52. The summed E-state index contributed by atoms with van der Waals surface area (Å²) in [7, 11) is 0. The Hall–Kier alpha value is -3.81. The average Bonchev–Trinajstić information content (AvgIpc) is 3.42. The molecule has 0 fully saturated rings. The van der Waals surface area contributed by atoms with E-state index in [-0.39, 0.29) is 11.4 Å². The molecule has 0 bridgehead atoms. The molecule has 6 nitrogen and oxygen atoms in total. The molecule has 5 rings (SSSR count). The van der Waals surface area contributed by atoms with Crippen LogP contribution < -0.4 is 0 Å². The first kappa shape index (κ1) is 21.1. The minimum absolute atomic E-state index is 0.0867. The van der Waals surface area contributed by atoms with Crippen LogP contribution >= 0.6 is 0 Å². The lowest BCUT2D eigenvalue weighted by Crippen LogP contribution is -2.21. The molecule has 0 amide bonds. The lowest BCUT2D eigenvalue weighted by atomic mass is 10.0. The third kappa shape index (κ3) is 4.41. The molecule has 0 aliphatic carbocycles. The summed E-state index contributed by atoms with van der Waals surface area (Å²) in [4.78, 5) is 7.45. The zero-order valence-electron chi connectivity index (χ0n) is 18.3. The Morgan fingerprint density at radius 3 is 2.73 bits per heavy atom. The molecule has 0 saturated carbocycles. The highest BCUT2D eigenvalue weighted by atomic mass is 19.2. The van der Waals surface area contributed by atoms with Crippen LogP contribution in [0.25, 0.3) is 22.6 Å². The van der Waals surface area contributed by atoms with Gasteiger partial charge in [-0.3, -0.25) is 5.01 Å². The normalized spacial score (nSPS) is 13.1. The molecule has 1 aliphatic heterocycles. The highest BCUT2D eigenvalue weighted by molar-refractivity contribution is 5.80. The van der Waals surface area contributed by atoms with Crippen molar-refractivity contribution in [2.24, 2.45) is 11.0 Å². The van der Waals surface area contributed by atoms with Crippen LogP contribution in [0.4, 0.5) is 8.78 Å². The second-order valence-electron chi connectivity index (χ2n) is 8.59. The molecular formula is C25H23F2N5O. The largest absolute Gasteiger partial charge is 0.359 e. The first-order valence-corrected chi connectivity index (χ1v) is 10.8. The van der Waals surface area contributed by atoms with Crippen molar-refractivity contribution < 1.29 is 13.3 Å². The van der Waals surface area contributed by atoms with Gasteiger partial charge in [0.2, 0.25) is 0 Å². The maximum Gasteiger partial charge on any atom is 0.169 e. The molecule has 3 heterocycles. The van der Waals surface area contributed by atoms with E-state index in [9.17, 15) is 8.78 Å². The smallest absolute Gasteiger partial charge is 0.169 e. The van der Waals surface area contributed by atoms with Crippen molar-refractivity contribution in [1.29, 1.82) is 0 Å². The molecule has 0 saturated heterocycles. The van der Waals surface area contributed by atoms with E-state index >= 15 is 0 Å². The van der Waals surface area contributed by atoms with Gasteiger partial charge in [0.05, 0.1) is 30.6 Å². The maximum atomic E-state index is 14.1. The number of hydrogen-bond acceptors (Lipinski definition) is 5. The van der Waals surface area contributed by atoms with E-state index in [0.717, 1.165) is 29.4 Å². The van der Waals surface area contributed by atoms with Crippen LogP contribution in [0.5, 0.6) is 0 Å². The number of hydrazone groups is 1. The Kier molecular flexibility index (Phi) is 5.50. The highest BCUT2D eigenvalue weighted by Gasteiger charge is 2.21. The van der Waals surface area contributed by atoms with Crippen LogP contribution in [0.15, 0.2) is 58.2 Å². The molecule has 168 valence electrons. The molecule has 0 radical (unpaired) electrons. The summed E-state index contributed by atoms with van der Waals surface area (Å²) in [6.07, 6.45) is 2.64. The molecule has 1 aliphatic rings. The topological polar surface area (TPSA) is 70.3 Å². The second-order valence-corrected chi connectivity index (χ2v) is 8.59. The fourth-order valence-electron chi connectivity index (χ4n) is 3.91. The number of halogens is 2. The van der Waals surface area contributed by atoms with Gasteiger partial charge in [-0.05, 0) is 30.0 Å². The summed E-state index contributed by atoms with van der Waals surface area (Å²) < 4.78 is 33.2. The first-order chi connectivity index (χ1) is 16.0. The molecule has 0 spiro atoms. The molecule has 33 heavy (non-hydrogen) atoms. The minimum Gasteiger partial charge on any atom is -0.359 e. The lowest BCUT2D eigenvalue weighted by molar-refractivity contribution is 0.229. The van der Waals surface area contributed by atoms with Gasteiger partial charge < -0.3 is 9.51 Å². The third-order valence-electron chi connectivity index (χ3n) is 5.49. The molecule has 2 aromatic carbocycles. The van der Waals surface area contributed by atoms with Crippen LogP contribution in [0.3, 0.4) is 0 Å². The van der Waals surface area contributed by atoms with E-state index < -0.39 is 11.6 Å². The van der Waals surface area contributed by atoms with E-state index in [1.54, 1.807) is 11.2 Å². The summed E-state index contributed by atoms with van der Waals surface area (Å²) >= 11 is 0. The van der Waals surface area contributed by atoms with Crippen molar-refractivity contribution in [2.45, 2.75) is 33.4 Å². The van der Waals surface area contributed by atoms with Crippen LogP contribution in [0, 0.1) is 17.6 Å². The number of aromatic nitrogens is 3. The van der Waals surface area contributed by atoms with Crippen molar-refractivity contribution in [1.82, 2.24) is 20.1 Å². The summed E-state index contributed by atoms with van der Waals surface area (Å²) in [6, 6.07) is 14.3. The summed E-state index contributed by atoms with van der Waals surface area (Å²) in [6.45, 7) is 5.24. The predicted molar refractivity (Wildman–Crippen MR) is 121 cm³/mol. The Labute approximate surface area is 190 Å². The van der Waals surface area contributed by atoms with Gasteiger partial charge in [0.1, 0.15) is 17.2 Å². The Bertz CT molecular complexity index is 1310. The van der Waals surface area contributed by atoms with E-state index in [0.29, 0.717) is 30.5 Å². The predicted octanol–water partition coefficient (Wildman–Crippen LogP) is 5.56. The maximum absolute atomic E-state index is 14.1. The van der Waals surface area contributed by atoms with Gasteiger partial charge in [-0.15, -0.1) is 0 Å². The van der Waals surface area contributed by atoms with Crippen molar-refractivity contribution >= 4 is 6.21 Å². The number of rotatable bonds is 6. The van der Waals surface area contributed by atoms with Gasteiger partial charge in [-0.2, -0.15) is 5.10 Å². The van der Waals surface area contributed by atoms with Crippen molar-refractivity contribution in [2.75, 3.05) is 0 Å². The van der Waals surface area contributed by atoms with Crippen molar-refractivity contribution in [3.63, 3.8) is 0 Å². The molecule has 2 aromatic heterocycles. The SMILES string of the molecule is CC(C)Cc1ccc(-c2cc(CN3Cc4[nH]c(-c5cccc(F)c5F)nc4C=N3)on2)cc1. The Morgan fingerprint density at radius 2 is 1.94 bits per heavy atom. The lowest BCUT2D eigenvalue weighted by Gasteiger charge is -2.19. The number of aromatic amines is 1.